The van der Waals surface area contributed by atoms with Gasteiger partial charge in [0.05, 0.1) is 5.69 Å². The molecule has 0 fully saturated rings. The van der Waals surface area contributed by atoms with Gasteiger partial charge in [-0.1, -0.05) is 41.9 Å². The first-order valence-corrected chi connectivity index (χ1v) is 10.1. The highest BCUT2D eigenvalue weighted by Gasteiger charge is 2.11. The van der Waals surface area contributed by atoms with E-state index in [1.807, 2.05) is 42.5 Å². The van der Waals surface area contributed by atoms with E-state index >= 15 is 0 Å². The van der Waals surface area contributed by atoms with E-state index in [0.717, 1.165) is 46.8 Å². The monoisotopic (exact) mass is 383 g/mol. The van der Waals surface area contributed by atoms with Crippen LogP contribution in [0.5, 0.6) is 0 Å². The lowest BCUT2D eigenvalue weighted by molar-refractivity contribution is 0.839. The van der Waals surface area contributed by atoms with Crippen LogP contribution < -0.4 is 4.90 Å². The second kappa shape index (κ2) is 9.06. The Morgan fingerprint density at radius 1 is 0.923 bits per heavy atom. The standard InChI is InChI=1S/C21H22ClN3S/c1-3-25(4-2)20-14-18(15-26-19-12-10-17(22)11-13-19)23-21(24-20)16-8-6-5-7-9-16/h5-14H,3-4,15H2,1-2H3. The summed E-state index contributed by atoms with van der Waals surface area (Å²) in [4.78, 5) is 13.0. The molecule has 2 aromatic carbocycles. The van der Waals surface area contributed by atoms with E-state index in [4.69, 9.17) is 21.6 Å². The molecule has 0 aliphatic carbocycles. The molecule has 0 atom stereocenters. The van der Waals surface area contributed by atoms with Crippen LogP contribution >= 0.6 is 23.4 Å². The maximum absolute atomic E-state index is 5.97. The number of hydrogen-bond donors (Lipinski definition) is 0. The minimum absolute atomic E-state index is 0.756. The number of thioether (sulfide) groups is 1. The zero-order chi connectivity index (χ0) is 18.4. The topological polar surface area (TPSA) is 29.0 Å². The molecule has 0 bridgehead atoms. The molecule has 0 saturated carbocycles. The molecule has 1 aromatic heterocycles. The van der Waals surface area contributed by atoms with Crippen LogP contribution in [0.2, 0.25) is 5.02 Å². The molecule has 3 rings (SSSR count). The quantitative estimate of drug-likeness (QED) is 0.472. The minimum Gasteiger partial charge on any atom is -0.357 e. The summed E-state index contributed by atoms with van der Waals surface area (Å²) in [5, 5.41) is 0.756. The van der Waals surface area contributed by atoms with Crippen LogP contribution in [0.25, 0.3) is 11.4 Å². The molecular formula is C21H22ClN3S. The van der Waals surface area contributed by atoms with Gasteiger partial charge in [0.2, 0.25) is 0 Å². The van der Waals surface area contributed by atoms with Gasteiger partial charge in [-0.25, -0.2) is 9.97 Å². The largest absolute Gasteiger partial charge is 0.357 e. The third kappa shape index (κ3) is 4.77. The average Bonchev–Trinajstić information content (AvgIpc) is 2.69. The van der Waals surface area contributed by atoms with Crippen molar-refractivity contribution in [3.05, 3.63) is 71.4 Å². The van der Waals surface area contributed by atoms with Crippen molar-refractivity contribution in [2.75, 3.05) is 18.0 Å². The van der Waals surface area contributed by atoms with Gasteiger partial charge in [0.25, 0.3) is 0 Å². The van der Waals surface area contributed by atoms with Crippen molar-refractivity contribution >= 4 is 29.2 Å². The van der Waals surface area contributed by atoms with Gasteiger partial charge in [-0.15, -0.1) is 11.8 Å². The number of anilines is 1. The summed E-state index contributed by atoms with van der Waals surface area (Å²) in [5.41, 5.74) is 2.07. The number of benzene rings is 2. The summed E-state index contributed by atoms with van der Waals surface area (Å²) in [6.07, 6.45) is 0. The molecule has 134 valence electrons. The number of aromatic nitrogens is 2. The van der Waals surface area contributed by atoms with Gasteiger partial charge >= 0.3 is 0 Å². The van der Waals surface area contributed by atoms with Gasteiger partial charge < -0.3 is 4.90 Å². The molecule has 0 aliphatic rings. The van der Waals surface area contributed by atoms with Gasteiger partial charge in [0.1, 0.15) is 5.82 Å². The van der Waals surface area contributed by atoms with Crippen molar-refractivity contribution in [1.82, 2.24) is 9.97 Å². The Morgan fingerprint density at radius 2 is 1.62 bits per heavy atom. The predicted molar refractivity (Wildman–Crippen MR) is 112 cm³/mol. The van der Waals surface area contributed by atoms with Crippen LogP contribution in [0.15, 0.2) is 65.6 Å². The van der Waals surface area contributed by atoms with Crippen LogP contribution in [0.3, 0.4) is 0 Å². The highest BCUT2D eigenvalue weighted by molar-refractivity contribution is 7.98. The van der Waals surface area contributed by atoms with Crippen molar-refractivity contribution in [3.63, 3.8) is 0 Å². The number of rotatable bonds is 7. The van der Waals surface area contributed by atoms with Crippen LogP contribution in [-0.4, -0.2) is 23.1 Å². The highest BCUT2D eigenvalue weighted by atomic mass is 35.5. The Bertz CT molecular complexity index is 834. The summed E-state index contributed by atoms with van der Waals surface area (Å²) < 4.78 is 0. The SMILES string of the molecule is CCN(CC)c1cc(CSc2ccc(Cl)cc2)nc(-c2ccccc2)n1. The van der Waals surface area contributed by atoms with Gasteiger partial charge in [-0.2, -0.15) is 0 Å². The van der Waals surface area contributed by atoms with E-state index in [2.05, 4.69) is 36.9 Å². The summed E-state index contributed by atoms with van der Waals surface area (Å²) in [7, 11) is 0. The summed E-state index contributed by atoms with van der Waals surface area (Å²) in [5.74, 6) is 2.55. The molecule has 0 saturated heterocycles. The normalized spacial score (nSPS) is 10.7. The Morgan fingerprint density at radius 3 is 2.27 bits per heavy atom. The van der Waals surface area contributed by atoms with E-state index in [1.54, 1.807) is 11.8 Å². The molecule has 3 nitrogen and oxygen atoms in total. The predicted octanol–water partition coefficient (Wildman–Crippen LogP) is 5.94. The molecule has 1 heterocycles. The highest BCUT2D eigenvalue weighted by Crippen LogP contribution is 2.26. The van der Waals surface area contributed by atoms with Gasteiger partial charge in [0, 0.05) is 40.4 Å². The number of nitrogens with zero attached hydrogens (tertiary/aromatic N) is 3. The Labute approximate surface area is 164 Å². The van der Waals surface area contributed by atoms with Crippen LogP contribution in [0.1, 0.15) is 19.5 Å². The Balaban J connectivity index is 1.90. The maximum atomic E-state index is 5.97. The minimum atomic E-state index is 0.756. The lowest BCUT2D eigenvalue weighted by Gasteiger charge is -2.21. The number of halogens is 1. The Hall–Kier alpha value is -2.04. The van der Waals surface area contributed by atoms with Crippen molar-refractivity contribution in [2.45, 2.75) is 24.5 Å². The number of hydrogen-bond acceptors (Lipinski definition) is 4. The molecular weight excluding hydrogens is 362 g/mol. The maximum Gasteiger partial charge on any atom is 0.161 e. The van der Waals surface area contributed by atoms with Crippen LogP contribution in [0.4, 0.5) is 5.82 Å². The molecule has 0 aliphatic heterocycles. The lowest BCUT2D eigenvalue weighted by Crippen LogP contribution is -2.23. The molecule has 3 aromatic rings. The van der Waals surface area contributed by atoms with Crippen molar-refractivity contribution in [3.8, 4) is 11.4 Å². The zero-order valence-corrected chi connectivity index (χ0v) is 16.6. The van der Waals surface area contributed by atoms with E-state index in [-0.39, 0.29) is 0 Å². The van der Waals surface area contributed by atoms with Crippen molar-refractivity contribution in [2.24, 2.45) is 0 Å². The van der Waals surface area contributed by atoms with Crippen LogP contribution in [-0.2, 0) is 5.75 Å². The average molecular weight is 384 g/mol. The fourth-order valence-electron chi connectivity index (χ4n) is 2.67. The molecule has 0 unspecified atom stereocenters. The summed E-state index contributed by atoms with van der Waals surface area (Å²) >= 11 is 7.72. The fraction of sp³-hybridized carbons (Fsp3) is 0.238. The van der Waals surface area contributed by atoms with E-state index < -0.39 is 0 Å². The smallest absolute Gasteiger partial charge is 0.161 e. The third-order valence-corrected chi connectivity index (χ3v) is 5.38. The second-order valence-corrected chi connectivity index (χ2v) is 7.31. The summed E-state index contributed by atoms with van der Waals surface area (Å²) in [6, 6.07) is 20.2. The second-order valence-electron chi connectivity index (χ2n) is 5.82. The molecule has 26 heavy (non-hydrogen) atoms. The van der Waals surface area contributed by atoms with Gasteiger partial charge in [-0.3, -0.25) is 0 Å². The first-order valence-electron chi connectivity index (χ1n) is 8.76. The fourth-order valence-corrected chi connectivity index (χ4v) is 3.59. The zero-order valence-electron chi connectivity index (χ0n) is 15.0. The van der Waals surface area contributed by atoms with Crippen LogP contribution in [0, 0.1) is 0 Å². The first kappa shape index (κ1) is 18.7. The lowest BCUT2D eigenvalue weighted by atomic mass is 10.2. The molecule has 0 N–H and O–H groups in total. The first-order chi connectivity index (χ1) is 12.7. The van der Waals surface area contributed by atoms with Gasteiger partial charge in [0.15, 0.2) is 5.82 Å². The Kier molecular flexibility index (Phi) is 6.53. The van der Waals surface area contributed by atoms with E-state index in [9.17, 15) is 0 Å². The molecule has 0 amide bonds. The summed E-state index contributed by atoms with van der Waals surface area (Å²) in [6.45, 7) is 6.14. The molecule has 0 spiro atoms. The van der Waals surface area contributed by atoms with E-state index in [1.165, 1.54) is 4.90 Å². The van der Waals surface area contributed by atoms with Crippen molar-refractivity contribution in [1.29, 1.82) is 0 Å². The van der Waals surface area contributed by atoms with Gasteiger partial charge in [-0.05, 0) is 38.1 Å². The third-order valence-electron chi connectivity index (χ3n) is 4.09. The van der Waals surface area contributed by atoms with Crippen molar-refractivity contribution < 1.29 is 0 Å². The van der Waals surface area contributed by atoms with E-state index in [0.29, 0.717) is 0 Å². The molecule has 5 heteroatoms. The molecule has 0 radical (unpaired) electrons.